The van der Waals surface area contributed by atoms with E-state index in [0.29, 0.717) is 17.8 Å². The fourth-order valence-corrected chi connectivity index (χ4v) is 4.34. The minimum atomic E-state index is -2.69. The van der Waals surface area contributed by atoms with Crippen molar-refractivity contribution in [3.8, 4) is 17.0 Å². The van der Waals surface area contributed by atoms with Gasteiger partial charge in [0, 0.05) is 30.3 Å². The van der Waals surface area contributed by atoms with Crippen LogP contribution in [0.3, 0.4) is 0 Å². The average molecular weight is 374 g/mol. The molecule has 2 aliphatic heterocycles. The molecule has 1 N–H and O–H groups in total. The van der Waals surface area contributed by atoms with Crippen LogP contribution in [0.1, 0.15) is 30.4 Å². The van der Waals surface area contributed by atoms with Crippen LogP contribution >= 0.6 is 0 Å². The predicted molar refractivity (Wildman–Crippen MR) is 100 cm³/mol. The largest absolute Gasteiger partial charge is 0.507 e. The number of hydrogen-bond donors (Lipinski definition) is 1. The van der Waals surface area contributed by atoms with Gasteiger partial charge in [-0.3, -0.25) is 0 Å². The Morgan fingerprint density at radius 3 is 2.67 bits per heavy atom. The van der Waals surface area contributed by atoms with Gasteiger partial charge in [-0.05, 0) is 63.0 Å². The molecule has 0 amide bonds. The number of fused-ring (bicyclic) bond motifs is 1. The average Bonchev–Trinajstić information content (AvgIpc) is 3.04. The summed E-state index contributed by atoms with van der Waals surface area (Å²) in [6, 6.07) is 6.67. The molecule has 144 valence electrons. The number of likely N-dealkylation sites (N-methyl/N-ethyl adjacent to an activating group) is 1. The second kappa shape index (κ2) is 7.03. The lowest BCUT2D eigenvalue weighted by atomic mass is 9.92. The fourth-order valence-electron chi connectivity index (χ4n) is 4.34. The number of aryl methyl sites for hydroxylation is 1. The standard InChI is InChI=1S/C20H24F2N4O/c1-12-3-4-14(17(27)9-12)19-15(20(21)22)10-18(23-24-19)26-8-6-13-5-7-25(2)11-16(13)26/h3-4,9-10,13,16,20,27H,5-8,11H2,1-2H3/t13-,16-/m1/s1. The molecular formula is C20H24F2N4O. The molecule has 0 spiro atoms. The quantitative estimate of drug-likeness (QED) is 0.889. The first kappa shape index (κ1) is 18.1. The van der Waals surface area contributed by atoms with Crippen molar-refractivity contribution in [2.75, 3.05) is 31.6 Å². The van der Waals surface area contributed by atoms with E-state index in [9.17, 15) is 13.9 Å². The molecule has 0 bridgehead atoms. The molecule has 5 nitrogen and oxygen atoms in total. The van der Waals surface area contributed by atoms with Gasteiger partial charge in [-0.2, -0.15) is 0 Å². The summed E-state index contributed by atoms with van der Waals surface area (Å²) in [6.45, 7) is 4.64. The molecule has 0 saturated carbocycles. The molecule has 2 fully saturated rings. The molecule has 4 rings (SSSR count). The van der Waals surface area contributed by atoms with Crippen LogP contribution in [-0.2, 0) is 0 Å². The Hall–Kier alpha value is -2.28. The Morgan fingerprint density at radius 1 is 1.15 bits per heavy atom. The molecule has 1 aromatic heterocycles. The van der Waals surface area contributed by atoms with Crippen molar-refractivity contribution < 1.29 is 13.9 Å². The minimum absolute atomic E-state index is 0.0442. The summed E-state index contributed by atoms with van der Waals surface area (Å²) in [4.78, 5) is 4.40. The van der Waals surface area contributed by atoms with Crippen molar-refractivity contribution >= 4 is 5.82 Å². The third kappa shape index (κ3) is 3.36. The van der Waals surface area contributed by atoms with Gasteiger partial charge < -0.3 is 14.9 Å². The van der Waals surface area contributed by atoms with Crippen molar-refractivity contribution in [3.05, 3.63) is 35.4 Å². The molecule has 2 atom stereocenters. The number of nitrogens with zero attached hydrogens (tertiary/aromatic N) is 4. The van der Waals surface area contributed by atoms with Gasteiger partial charge in [-0.15, -0.1) is 10.2 Å². The number of rotatable bonds is 3. The Labute approximate surface area is 157 Å². The van der Waals surface area contributed by atoms with Gasteiger partial charge >= 0.3 is 0 Å². The highest BCUT2D eigenvalue weighted by Crippen LogP contribution is 2.38. The zero-order chi connectivity index (χ0) is 19.1. The van der Waals surface area contributed by atoms with E-state index >= 15 is 0 Å². The van der Waals surface area contributed by atoms with Gasteiger partial charge in [0.2, 0.25) is 0 Å². The Kier molecular flexibility index (Phi) is 4.72. The van der Waals surface area contributed by atoms with E-state index in [1.807, 2.05) is 6.92 Å². The maximum Gasteiger partial charge on any atom is 0.266 e. The van der Waals surface area contributed by atoms with Gasteiger partial charge in [0.1, 0.15) is 11.4 Å². The summed E-state index contributed by atoms with van der Waals surface area (Å²) in [7, 11) is 2.09. The number of likely N-dealkylation sites (tertiary alicyclic amines) is 1. The monoisotopic (exact) mass is 374 g/mol. The third-order valence-electron chi connectivity index (χ3n) is 5.81. The van der Waals surface area contributed by atoms with E-state index < -0.39 is 6.43 Å². The van der Waals surface area contributed by atoms with E-state index in [0.717, 1.165) is 38.0 Å². The first-order valence-electron chi connectivity index (χ1n) is 9.35. The normalized spacial score (nSPS) is 23.1. The number of anilines is 1. The van der Waals surface area contributed by atoms with Crippen molar-refractivity contribution in [2.24, 2.45) is 5.92 Å². The van der Waals surface area contributed by atoms with Crippen molar-refractivity contribution in [2.45, 2.75) is 32.2 Å². The minimum Gasteiger partial charge on any atom is -0.507 e. The lowest BCUT2D eigenvalue weighted by molar-refractivity contribution is 0.151. The lowest BCUT2D eigenvalue weighted by Gasteiger charge is -2.37. The molecule has 0 aliphatic carbocycles. The van der Waals surface area contributed by atoms with Crippen LogP contribution in [0.4, 0.5) is 14.6 Å². The number of hydrogen-bond acceptors (Lipinski definition) is 5. The Balaban J connectivity index is 1.71. The number of halogens is 2. The fraction of sp³-hybridized carbons (Fsp3) is 0.500. The molecule has 27 heavy (non-hydrogen) atoms. The Morgan fingerprint density at radius 2 is 1.93 bits per heavy atom. The second-order valence-corrected chi connectivity index (χ2v) is 7.69. The van der Waals surface area contributed by atoms with Crippen LogP contribution in [0.2, 0.25) is 0 Å². The molecule has 2 aliphatic rings. The highest BCUT2D eigenvalue weighted by Gasteiger charge is 2.38. The summed E-state index contributed by atoms with van der Waals surface area (Å²) < 4.78 is 27.6. The second-order valence-electron chi connectivity index (χ2n) is 7.69. The number of phenolic OH excluding ortho intramolecular Hbond substituents is 1. The van der Waals surface area contributed by atoms with Crippen molar-refractivity contribution in [1.29, 1.82) is 0 Å². The van der Waals surface area contributed by atoms with Crippen LogP contribution in [0.25, 0.3) is 11.3 Å². The molecule has 7 heteroatoms. The SMILES string of the molecule is Cc1ccc(-c2nnc(N3CC[C@H]4CCN(C)C[C@H]43)cc2C(F)F)c(O)c1. The first-order chi connectivity index (χ1) is 12.9. The predicted octanol–water partition coefficient (Wildman–Crippen LogP) is 3.63. The van der Waals surface area contributed by atoms with Crippen LogP contribution in [-0.4, -0.2) is 52.9 Å². The molecular weight excluding hydrogens is 350 g/mol. The van der Waals surface area contributed by atoms with E-state index in [2.05, 4.69) is 27.0 Å². The topological polar surface area (TPSA) is 52.5 Å². The van der Waals surface area contributed by atoms with Crippen molar-refractivity contribution in [1.82, 2.24) is 15.1 Å². The zero-order valence-electron chi connectivity index (χ0n) is 15.6. The molecule has 2 saturated heterocycles. The van der Waals surface area contributed by atoms with E-state index in [-0.39, 0.29) is 22.6 Å². The van der Waals surface area contributed by atoms with Crippen molar-refractivity contribution in [3.63, 3.8) is 0 Å². The summed E-state index contributed by atoms with van der Waals surface area (Å²) in [6.07, 6.45) is -0.505. The highest BCUT2D eigenvalue weighted by molar-refractivity contribution is 5.71. The van der Waals surface area contributed by atoms with Gasteiger partial charge in [-0.25, -0.2) is 8.78 Å². The number of alkyl halides is 2. The van der Waals surface area contributed by atoms with Crippen LogP contribution in [0.5, 0.6) is 5.75 Å². The van der Waals surface area contributed by atoms with Crippen LogP contribution in [0, 0.1) is 12.8 Å². The molecule has 2 aromatic rings. The molecule has 0 unspecified atom stereocenters. The van der Waals surface area contributed by atoms with E-state index in [1.165, 1.54) is 6.07 Å². The van der Waals surface area contributed by atoms with Gasteiger partial charge in [0.25, 0.3) is 6.43 Å². The maximum absolute atomic E-state index is 13.8. The summed E-state index contributed by atoms with van der Waals surface area (Å²) in [5.41, 5.74) is 0.991. The molecule has 1 aromatic carbocycles. The summed E-state index contributed by atoms with van der Waals surface area (Å²) in [5, 5.41) is 18.6. The molecule has 3 heterocycles. The first-order valence-corrected chi connectivity index (χ1v) is 9.35. The van der Waals surface area contributed by atoms with E-state index in [1.54, 1.807) is 18.2 Å². The number of benzene rings is 1. The van der Waals surface area contributed by atoms with Gasteiger partial charge in [-0.1, -0.05) is 6.07 Å². The lowest BCUT2D eigenvalue weighted by Crippen LogP contribution is -2.47. The number of phenols is 1. The van der Waals surface area contributed by atoms with E-state index in [4.69, 9.17) is 0 Å². The number of aromatic nitrogens is 2. The smallest absolute Gasteiger partial charge is 0.266 e. The highest BCUT2D eigenvalue weighted by atomic mass is 19.3. The Bertz CT molecular complexity index is 845. The maximum atomic E-state index is 13.8. The van der Waals surface area contributed by atoms with Gasteiger partial charge in [0.15, 0.2) is 5.82 Å². The molecule has 0 radical (unpaired) electrons. The summed E-state index contributed by atoms with van der Waals surface area (Å²) in [5.74, 6) is 1.02. The number of piperidine rings is 1. The third-order valence-corrected chi connectivity index (χ3v) is 5.81. The van der Waals surface area contributed by atoms with Crippen LogP contribution in [0.15, 0.2) is 24.3 Å². The zero-order valence-corrected chi connectivity index (χ0v) is 15.6. The summed E-state index contributed by atoms with van der Waals surface area (Å²) >= 11 is 0. The number of aromatic hydroxyl groups is 1. The van der Waals surface area contributed by atoms with Gasteiger partial charge in [0.05, 0.1) is 0 Å². The van der Waals surface area contributed by atoms with Crippen LogP contribution < -0.4 is 4.90 Å².